The number of aldehydes is 1. The number of carboxylic acids is 2. The van der Waals surface area contributed by atoms with Crippen molar-refractivity contribution < 1.29 is 34.2 Å². The van der Waals surface area contributed by atoms with E-state index in [4.69, 9.17) is 19.8 Å². The Morgan fingerprint density at radius 1 is 0.769 bits per heavy atom. The minimum Gasteiger partial charge on any atom is -0.481 e. The van der Waals surface area contributed by atoms with Gasteiger partial charge in [0.2, 0.25) is 0 Å². The highest BCUT2D eigenvalue weighted by atomic mass is 16.4. The van der Waals surface area contributed by atoms with Crippen LogP contribution in [0.25, 0.3) is 0 Å². The molecule has 7 nitrogen and oxygen atoms in total. The number of ketones is 2. The number of hydrogen-bond donors (Lipinski definition) is 2. The first-order valence-electron chi connectivity index (χ1n) is 7.35. The van der Waals surface area contributed by atoms with Crippen molar-refractivity contribution in [1.82, 2.24) is 0 Å². The largest absolute Gasteiger partial charge is 0.481 e. The van der Waals surface area contributed by atoms with Gasteiger partial charge in [-0.3, -0.25) is 24.0 Å². The summed E-state index contributed by atoms with van der Waals surface area (Å²) in [4.78, 5) is 53.2. The highest BCUT2D eigenvalue weighted by Gasteiger charge is 2.29. The summed E-state index contributed by atoms with van der Waals surface area (Å²) < 4.78 is 0. The molecular weight excluding hydrogens is 340 g/mol. The van der Waals surface area contributed by atoms with Crippen LogP contribution in [0.15, 0.2) is 42.5 Å². The topological polar surface area (TPSA) is 126 Å². The number of carboxylic acid groups (broad SMARTS) is 2. The highest BCUT2D eigenvalue weighted by Crippen LogP contribution is 2.27. The van der Waals surface area contributed by atoms with Crippen LogP contribution in [0.1, 0.15) is 56.0 Å². The highest BCUT2D eigenvalue weighted by molar-refractivity contribution is 6.28. The second-order valence-electron chi connectivity index (χ2n) is 5.16. The lowest BCUT2D eigenvalue weighted by molar-refractivity contribution is -0.135. The molecule has 0 fully saturated rings. The Morgan fingerprint density at radius 3 is 1.58 bits per heavy atom. The van der Waals surface area contributed by atoms with Gasteiger partial charge in [0.25, 0.3) is 11.9 Å². The first kappa shape index (κ1) is 20.4. The van der Waals surface area contributed by atoms with Gasteiger partial charge < -0.3 is 10.2 Å². The van der Waals surface area contributed by atoms with Crippen LogP contribution in [-0.2, 0) is 9.59 Å². The summed E-state index contributed by atoms with van der Waals surface area (Å²) in [5.41, 5.74) is 1.90. The number of fused-ring (bicyclic) bond motifs is 2. The van der Waals surface area contributed by atoms with Crippen molar-refractivity contribution in [2.24, 2.45) is 0 Å². The molecule has 0 atom stereocenters. The summed E-state index contributed by atoms with van der Waals surface area (Å²) in [6.45, 7) is 2.17. The molecule has 0 aromatic heterocycles. The van der Waals surface area contributed by atoms with Crippen LogP contribution in [0.2, 0.25) is 0 Å². The second-order valence-corrected chi connectivity index (χ2v) is 5.16. The van der Waals surface area contributed by atoms with Gasteiger partial charge in [-0.1, -0.05) is 30.3 Å². The van der Waals surface area contributed by atoms with E-state index in [1.165, 1.54) is 12.1 Å². The first-order chi connectivity index (χ1) is 12.2. The van der Waals surface area contributed by atoms with E-state index in [1.807, 2.05) is 0 Å². The maximum atomic E-state index is 12.3. The molecule has 0 bridgehead atoms. The van der Waals surface area contributed by atoms with E-state index in [9.17, 15) is 14.4 Å². The van der Waals surface area contributed by atoms with E-state index in [0.717, 1.165) is 13.8 Å². The third kappa shape index (κ3) is 5.20. The zero-order chi connectivity index (χ0) is 19.9. The molecule has 0 saturated carbocycles. The average molecular weight is 356 g/mol. The van der Waals surface area contributed by atoms with Gasteiger partial charge in [0.15, 0.2) is 11.6 Å². The molecule has 1 aliphatic carbocycles. The van der Waals surface area contributed by atoms with Crippen molar-refractivity contribution in [2.45, 2.75) is 13.8 Å². The second kappa shape index (κ2) is 9.03. The third-order valence-corrected chi connectivity index (χ3v) is 3.09. The fraction of sp³-hybridized carbons (Fsp3) is 0.105. The Morgan fingerprint density at radius 2 is 1.15 bits per heavy atom. The Labute approximate surface area is 148 Å². The van der Waals surface area contributed by atoms with Gasteiger partial charge >= 0.3 is 0 Å². The molecule has 1 aliphatic rings. The fourth-order valence-electron chi connectivity index (χ4n) is 2.19. The monoisotopic (exact) mass is 356 g/mol. The van der Waals surface area contributed by atoms with Gasteiger partial charge in [-0.15, -0.1) is 0 Å². The summed E-state index contributed by atoms with van der Waals surface area (Å²) in [5.74, 6) is -2.04. The zero-order valence-electron chi connectivity index (χ0n) is 14.1. The number of carbonyl (C=O) groups excluding carboxylic acids is 3. The molecule has 2 aromatic rings. The van der Waals surface area contributed by atoms with Crippen molar-refractivity contribution >= 4 is 29.8 Å². The van der Waals surface area contributed by atoms with E-state index >= 15 is 0 Å². The molecule has 0 unspecified atom stereocenters. The lowest BCUT2D eigenvalue weighted by atomic mass is 9.83. The SMILES string of the molecule is CC(=O)O.CC(=O)O.O=Cc1ccc2c(c1)C(=O)c1ccccc1C2=O. The molecule has 3 rings (SSSR count). The van der Waals surface area contributed by atoms with Crippen LogP contribution in [0.5, 0.6) is 0 Å². The van der Waals surface area contributed by atoms with E-state index in [0.29, 0.717) is 34.1 Å². The van der Waals surface area contributed by atoms with Gasteiger partial charge in [0.1, 0.15) is 6.29 Å². The van der Waals surface area contributed by atoms with Crippen molar-refractivity contribution in [2.75, 3.05) is 0 Å². The van der Waals surface area contributed by atoms with Crippen molar-refractivity contribution in [3.8, 4) is 0 Å². The molecule has 0 radical (unpaired) electrons. The van der Waals surface area contributed by atoms with E-state index in [2.05, 4.69) is 0 Å². The Hall–Kier alpha value is -3.61. The molecule has 134 valence electrons. The molecular formula is C19H16O7. The lowest BCUT2D eigenvalue weighted by Crippen LogP contribution is -2.20. The zero-order valence-corrected chi connectivity index (χ0v) is 14.1. The molecule has 0 saturated heterocycles. The molecule has 26 heavy (non-hydrogen) atoms. The van der Waals surface area contributed by atoms with Crippen LogP contribution in [0.4, 0.5) is 0 Å². The van der Waals surface area contributed by atoms with Gasteiger partial charge in [-0.05, 0) is 12.1 Å². The smallest absolute Gasteiger partial charge is 0.300 e. The average Bonchev–Trinajstić information content (AvgIpc) is 2.58. The number of rotatable bonds is 1. The molecule has 2 aromatic carbocycles. The molecule has 0 spiro atoms. The maximum Gasteiger partial charge on any atom is 0.300 e. The Kier molecular flexibility index (Phi) is 7.09. The van der Waals surface area contributed by atoms with Gasteiger partial charge in [-0.2, -0.15) is 0 Å². The van der Waals surface area contributed by atoms with Crippen molar-refractivity contribution in [1.29, 1.82) is 0 Å². The summed E-state index contributed by atoms with van der Waals surface area (Å²) in [6.07, 6.45) is 0.665. The maximum absolute atomic E-state index is 12.3. The first-order valence-corrected chi connectivity index (χ1v) is 7.35. The lowest BCUT2D eigenvalue weighted by Gasteiger charge is -2.17. The molecule has 0 amide bonds. The molecule has 7 heteroatoms. The fourth-order valence-corrected chi connectivity index (χ4v) is 2.19. The summed E-state index contributed by atoms with van der Waals surface area (Å²) in [5, 5.41) is 14.8. The van der Waals surface area contributed by atoms with E-state index < -0.39 is 11.9 Å². The number of aliphatic carboxylic acids is 2. The normalized spacial score (nSPS) is 10.8. The Balaban J connectivity index is 0.000000360. The third-order valence-electron chi connectivity index (χ3n) is 3.09. The number of benzene rings is 2. The predicted molar refractivity (Wildman–Crippen MR) is 91.8 cm³/mol. The number of carbonyl (C=O) groups is 5. The van der Waals surface area contributed by atoms with Crippen LogP contribution in [0, 0.1) is 0 Å². The summed E-state index contributed by atoms with van der Waals surface area (Å²) >= 11 is 0. The quantitative estimate of drug-likeness (QED) is 0.641. The summed E-state index contributed by atoms with van der Waals surface area (Å²) in [6, 6.07) is 11.3. The predicted octanol–water partition coefficient (Wildman–Crippen LogP) is 2.46. The Bertz CT molecular complexity index is 861. The van der Waals surface area contributed by atoms with E-state index in [1.54, 1.807) is 30.3 Å². The van der Waals surface area contributed by atoms with Crippen LogP contribution in [0.3, 0.4) is 0 Å². The molecule has 0 aliphatic heterocycles. The minimum atomic E-state index is -0.833. The van der Waals surface area contributed by atoms with Crippen LogP contribution >= 0.6 is 0 Å². The van der Waals surface area contributed by atoms with Crippen LogP contribution < -0.4 is 0 Å². The minimum absolute atomic E-state index is 0.169. The van der Waals surface area contributed by atoms with Gasteiger partial charge in [0.05, 0.1) is 0 Å². The van der Waals surface area contributed by atoms with E-state index in [-0.39, 0.29) is 11.6 Å². The van der Waals surface area contributed by atoms with Gasteiger partial charge in [-0.25, -0.2) is 0 Å². The number of hydrogen-bond acceptors (Lipinski definition) is 5. The molecule has 2 N–H and O–H groups in total. The van der Waals surface area contributed by atoms with Crippen molar-refractivity contribution in [3.63, 3.8) is 0 Å². The summed E-state index contributed by atoms with van der Waals surface area (Å²) in [7, 11) is 0. The van der Waals surface area contributed by atoms with Crippen molar-refractivity contribution in [3.05, 3.63) is 70.3 Å². The standard InChI is InChI=1S/C15H8O3.2C2H4O2/c16-8-9-5-6-12-13(7-9)15(18)11-4-2-1-3-10(11)14(12)17;2*1-2(3)4/h1-8H;2*1H3,(H,3,4). The van der Waals surface area contributed by atoms with Gasteiger partial charge in [0, 0.05) is 41.7 Å². The van der Waals surface area contributed by atoms with Crippen LogP contribution in [-0.4, -0.2) is 40.0 Å². The molecule has 0 heterocycles.